The van der Waals surface area contributed by atoms with Crippen LogP contribution in [0, 0.1) is 5.92 Å². The molecule has 2 saturated heterocycles. The number of hydrogen-bond donors (Lipinski definition) is 10. The zero-order valence-electron chi connectivity index (χ0n) is 35.1. The molecule has 342 valence electrons. The summed E-state index contributed by atoms with van der Waals surface area (Å²) < 4.78 is 0. The second-order valence-electron chi connectivity index (χ2n) is 16.0. The number of benzene rings is 1. The Morgan fingerprint density at radius 2 is 1.34 bits per heavy atom. The Labute approximate surface area is 370 Å². The van der Waals surface area contributed by atoms with Gasteiger partial charge >= 0.3 is 0 Å². The van der Waals surface area contributed by atoms with E-state index < -0.39 is 77.6 Å². The van der Waals surface area contributed by atoms with Crippen LogP contribution in [0.15, 0.2) is 34.3 Å². The molecule has 4 rings (SSSR count). The normalized spacial score (nSPS) is 20.6. The van der Waals surface area contributed by atoms with Gasteiger partial charge in [0.15, 0.2) is 11.9 Å². The third-order valence-electron chi connectivity index (χ3n) is 11.1. The molecule has 1 aromatic rings. The van der Waals surface area contributed by atoms with Gasteiger partial charge in [-0.15, -0.1) is 11.8 Å². The maximum Gasteiger partial charge on any atom is 0.246 e. The SMILES string of the molecule is CC(=O)N[C@@H](CCCN=C(N)N)C(=O)N[C@@H](CC1CCCCC1)C(=O)N[C@H]1CC[C@H]2SC[C@@H](C(=O)N[C@H](CCCN=C(N)N)C(=O)NC(Cc3ccc(Cl)cc3)C(N)=O)N2C1=O. The Bertz CT molecular complexity index is 1810. The molecule has 0 spiro atoms. The number of guanidine groups is 2. The number of thioether (sulfide) groups is 1. The van der Waals surface area contributed by atoms with Crippen LogP contribution in [-0.4, -0.2) is 119 Å². The first-order valence-corrected chi connectivity index (χ1v) is 22.5. The van der Waals surface area contributed by atoms with E-state index in [9.17, 15) is 33.6 Å². The van der Waals surface area contributed by atoms with Crippen molar-refractivity contribution in [2.24, 2.45) is 44.6 Å². The molecule has 22 heteroatoms. The fourth-order valence-corrected chi connectivity index (χ4v) is 9.53. The molecule has 0 aromatic heterocycles. The zero-order chi connectivity index (χ0) is 45.3. The maximum absolute atomic E-state index is 14.2. The lowest BCUT2D eigenvalue weighted by Crippen LogP contribution is -2.62. The Balaban J connectivity index is 1.47. The second kappa shape index (κ2) is 24.4. The quantitative estimate of drug-likeness (QED) is 0.0379. The largest absolute Gasteiger partial charge is 0.370 e. The molecule has 7 atom stereocenters. The van der Waals surface area contributed by atoms with E-state index in [0.717, 1.165) is 32.1 Å². The van der Waals surface area contributed by atoms with Crippen LogP contribution >= 0.6 is 23.4 Å². The average Bonchev–Trinajstić information content (AvgIpc) is 3.66. The van der Waals surface area contributed by atoms with E-state index in [1.165, 1.54) is 23.6 Å². The van der Waals surface area contributed by atoms with Gasteiger partial charge in [0.05, 0.1) is 5.37 Å². The van der Waals surface area contributed by atoms with Gasteiger partial charge in [-0.2, -0.15) is 0 Å². The second-order valence-corrected chi connectivity index (χ2v) is 17.6. The van der Waals surface area contributed by atoms with Crippen molar-refractivity contribution in [1.29, 1.82) is 0 Å². The molecule has 1 aromatic carbocycles. The number of hydrogen-bond acceptors (Lipinski definition) is 10. The summed E-state index contributed by atoms with van der Waals surface area (Å²) in [6, 6.07) is 0.505. The third-order valence-corrected chi connectivity index (χ3v) is 12.7. The zero-order valence-corrected chi connectivity index (χ0v) is 36.7. The van der Waals surface area contributed by atoms with Crippen LogP contribution in [0.5, 0.6) is 0 Å². The fourth-order valence-electron chi connectivity index (χ4n) is 7.97. The molecule has 1 aliphatic carbocycles. The van der Waals surface area contributed by atoms with Crippen molar-refractivity contribution in [3.63, 3.8) is 0 Å². The van der Waals surface area contributed by atoms with Crippen LogP contribution < -0.4 is 55.3 Å². The molecular formula is C40H62ClN13O7S. The van der Waals surface area contributed by atoms with E-state index in [4.69, 9.17) is 40.3 Å². The van der Waals surface area contributed by atoms with Gasteiger partial charge in [0, 0.05) is 37.2 Å². The molecule has 2 heterocycles. The van der Waals surface area contributed by atoms with Crippen molar-refractivity contribution in [2.45, 2.75) is 132 Å². The molecule has 3 aliphatic rings. The standard InChI is InChI=1S/C40H62ClN13O7S/c1-22(55)49-26(9-5-17-47-39(43)44)34(57)53-30(20-23-7-3-2-4-8-23)36(59)51-28-15-16-32-54(38(28)61)31(21-62-32)37(60)50-27(10-6-18-48-40(45)46)35(58)52-29(33(42)56)19-24-11-13-25(41)14-12-24/h11-14,23,26-32H,2-10,15-21H2,1H3,(H2,42,56)(H,49,55)(H,50,60)(H,51,59)(H,52,58)(H,53,57)(H4,43,44,47)(H4,45,46,48)/t26-,27+,28-,29?,30-,31-,32+/m0/s1. The van der Waals surface area contributed by atoms with E-state index in [0.29, 0.717) is 36.3 Å². The van der Waals surface area contributed by atoms with Crippen LogP contribution in [0.3, 0.4) is 0 Å². The molecular weight excluding hydrogens is 842 g/mol. The van der Waals surface area contributed by atoms with Crippen LogP contribution in [0.1, 0.15) is 89.5 Å². The van der Waals surface area contributed by atoms with Crippen molar-refractivity contribution in [1.82, 2.24) is 31.5 Å². The molecule has 15 N–H and O–H groups in total. The van der Waals surface area contributed by atoms with Crippen molar-refractivity contribution >= 4 is 76.6 Å². The molecule has 0 bridgehead atoms. The molecule has 1 saturated carbocycles. The molecule has 1 unspecified atom stereocenters. The number of halogens is 1. The summed E-state index contributed by atoms with van der Waals surface area (Å²) >= 11 is 7.43. The minimum Gasteiger partial charge on any atom is -0.370 e. The summed E-state index contributed by atoms with van der Waals surface area (Å²) in [5, 5.41) is 14.0. The Hall–Kier alpha value is -5.31. The lowest BCUT2D eigenvalue weighted by atomic mass is 9.84. The van der Waals surface area contributed by atoms with Crippen LogP contribution in [0.4, 0.5) is 0 Å². The van der Waals surface area contributed by atoms with E-state index >= 15 is 0 Å². The first-order chi connectivity index (χ1) is 29.5. The van der Waals surface area contributed by atoms with Crippen LogP contribution in [-0.2, 0) is 40.0 Å². The minimum atomic E-state index is -1.15. The van der Waals surface area contributed by atoms with Gasteiger partial charge in [0.1, 0.15) is 36.3 Å². The number of rotatable bonds is 22. The van der Waals surface area contributed by atoms with Gasteiger partial charge < -0.3 is 60.2 Å². The summed E-state index contributed by atoms with van der Waals surface area (Å²) in [5.74, 6) is -3.87. The van der Waals surface area contributed by atoms with E-state index in [-0.39, 0.29) is 67.7 Å². The summed E-state index contributed by atoms with van der Waals surface area (Å²) in [5.41, 5.74) is 28.2. The minimum absolute atomic E-state index is 0.0744. The van der Waals surface area contributed by atoms with E-state index in [2.05, 4.69) is 36.6 Å². The molecule has 3 fully saturated rings. The van der Waals surface area contributed by atoms with Crippen LogP contribution in [0.2, 0.25) is 5.02 Å². The summed E-state index contributed by atoms with van der Waals surface area (Å²) in [7, 11) is 0. The molecule has 2 aliphatic heterocycles. The number of amides is 7. The molecule has 20 nitrogen and oxygen atoms in total. The number of primary amides is 1. The number of nitrogens with zero attached hydrogens (tertiary/aromatic N) is 3. The highest BCUT2D eigenvalue weighted by Crippen LogP contribution is 2.37. The van der Waals surface area contributed by atoms with Gasteiger partial charge in [-0.3, -0.25) is 43.5 Å². The lowest BCUT2D eigenvalue weighted by Gasteiger charge is -2.38. The van der Waals surface area contributed by atoms with Gasteiger partial charge in [0.25, 0.3) is 0 Å². The Morgan fingerprint density at radius 3 is 1.90 bits per heavy atom. The van der Waals surface area contributed by atoms with Crippen molar-refractivity contribution in [2.75, 3.05) is 18.8 Å². The Kier molecular flexibility index (Phi) is 19.4. The van der Waals surface area contributed by atoms with E-state index in [1.54, 1.807) is 24.3 Å². The topological polar surface area (TPSA) is 338 Å². The smallest absolute Gasteiger partial charge is 0.246 e. The van der Waals surface area contributed by atoms with E-state index in [1.807, 2.05) is 0 Å². The van der Waals surface area contributed by atoms with Crippen LogP contribution in [0.25, 0.3) is 0 Å². The highest BCUT2D eigenvalue weighted by molar-refractivity contribution is 8.00. The maximum atomic E-state index is 14.2. The van der Waals surface area contributed by atoms with Crippen molar-refractivity contribution < 1.29 is 33.6 Å². The van der Waals surface area contributed by atoms with Gasteiger partial charge in [0.2, 0.25) is 41.4 Å². The fraction of sp³-hybridized carbons (Fsp3) is 0.625. The molecule has 0 radical (unpaired) electrons. The highest BCUT2D eigenvalue weighted by Gasteiger charge is 2.48. The number of nitrogens with one attached hydrogen (secondary N) is 5. The predicted molar refractivity (Wildman–Crippen MR) is 237 cm³/mol. The monoisotopic (exact) mass is 903 g/mol. The number of carbonyl (C=O) groups excluding carboxylic acids is 7. The number of fused-ring (bicyclic) bond motifs is 1. The summed E-state index contributed by atoms with van der Waals surface area (Å²) in [6.07, 6.45) is 7.02. The average molecular weight is 905 g/mol. The number of nitrogens with two attached hydrogens (primary N) is 5. The van der Waals surface area contributed by atoms with Gasteiger partial charge in [-0.25, -0.2) is 0 Å². The summed E-state index contributed by atoms with van der Waals surface area (Å²) in [6.45, 7) is 1.70. The predicted octanol–water partition coefficient (Wildman–Crippen LogP) is -1.05. The van der Waals surface area contributed by atoms with Crippen molar-refractivity contribution in [3.8, 4) is 0 Å². The third kappa shape index (κ3) is 15.5. The first kappa shape index (κ1) is 49.3. The summed E-state index contributed by atoms with van der Waals surface area (Å²) in [4.78, 5) is 104. The first-order valence-electron chi connectivity index (χ1n) is 21.1. The highest BCUT2D eigenvalue weighted by atomic mass is 35.5. The lowest BCUT2D eigenvalue weighted by molar-refractivity contribution is -0.146. The molecule has 62 heavy (non-hydrogen) atoms. The van der Waals surface area contributed by atoms with Crippen molar-refractivity contribution in [3.05, 3.63) is 34.9 Å². The van der Waals surface area contributed by atoms with Gasteiger partial charge in [-0.05, 0) is 68.6 Å². The van der Waals surface area contributed by atoms with Gasteiger partial charge in [-0.1, -0.05) is 55.8 Å². The number of carbonyl (C=O) groups is 7. The number of aliphatic imine (C=N–C) groups is 2. The molecule has 7 amide bonds. The number of piperidine rings is 1. The Morgan fingerprint density at radius 1 is 0.758 bits per heavy atom.